The highest BCUT2D eigenvalue weighted by Crippen LogP contribution is 2.08. The number of ketones is 2. The lowest BCUT2D eigenvalue weighted by Crippen LogP contribution is -2.16. The van der Waals surface area contributed by atoms with Gasteiger partial charge in [0.25, 0.3) is 0 Å². The molecule has 0 bridgehead atoms. The SMILES string of the molecule is CC(=O)C(/C=C(/C)Cl)C(C)=O. The molecule has 0 atom stereocenters. The molecule has 0 rings (SSSR count). The first kappa shape index (κ1) is 10.4. The van der Waals surface area contributed by atoms with E-state index in [1.54, 1.807) is 6.92 Å². The zero-order valence-corrected chi connectivity index (χ0v) is 7.61. The van der Waals surface area contributed by atoms with Crippen molar-refractivity contribution in [3.05, 3.63) is 11.1 Å². The first-order valence-electron chi connectivity index (χ1n) is 3.30. The van der Waals surface area contributed by atoms with Gasteiger partial charge in [0.2, 0.25) is 0 Å². The quantitative estimate of drug-likeness (QED) is 0.613. The predicted octanol–water partition coefficient (Wildman–Crippen LogP) is 1.92. The maximum atomic E-state index is 10.8. The molecule has 0 unspecified atom stereocenters. The van der Waals surface area contributed by atoms with Crippen molar-refractivity contribution in [1.29, 1.82) is 0 Å². The second kappa shape index (κ2) is 4.29. The summed E-state index contributed by atoms with van der Waals surface area (Å²) in [5, 5.41) is 0.473. The topological polar surface area (TPSA) is 34.1 Å². The third-order valence-electron chi connectivity index (χ3n) is 1.27. The van der Waals surface area contributed by atoms with Gasteiger partial charge in [-0.05, 0) is 20.8 Å². The maximum absolute atomic E-state index is 10.8. The zero-order chi connectivity index (χ0) is 9.02. The van der Waals surface area contributed by atoms with Gasteiger partial charge in [0.1, 0.15) is 11.6 Å². The Kier molecular flexibility index (Phi) is 4.04. The van der Waals surface area contributed by atoms with E-state index in [4.69, 9.17) is 11.6 Å². The number of rotatable bonds is 3. The van der Waals surface area contributed by atoms with Crippen molar-refractivity contribution >= 4 is 23.2 Å². The Labute approximate surface area is 71.2 Å². The van der Waals surface area contributed by atoms with Gasteiger partial charge in [0, 0.05) is 5.03 Å². The summed E-state index contributed by atoms with van der Waals surface area (Å²) in [5.41, 5.74) is 0. The average Bonchev–Trinajstić information content (AvgIpc) is 1.81. The van der Waals surface area contributed by atoms with Gasteiger partial charge >= 0.3 is 0 Å². The van der Waals surface area contributed by atoms with E-state index < -0.39 is 5.92 Å². The Morgan fingerprint density at radius 1 is 1.18 bits per heavy atom. The fourth-order valence-corrected chi connectivity index (χ4v) is 0.877. The van der Waals surface area contributed by atoms with Crippen LogP contribution in [-0.2, 0) is 9.59 Å². The van der Waals surface area contributed by atoms with E-state index in [1.165, 1.54) is 19.9 Å². The van der Waals surface area contributed by atoms with Crippen molar-refractivity contribution in [2.75, 3.05) is 0 Å². The summed E-state index contributed by atoms with van der Waals surface area (Å²) >= 11 is 5.52. The Balaban J connectivity index is 4.49. The number of allylic oxidation sites excluding steroid dienone is 2. The number of carbonyl (C=O) groups excluding carboxylic acids is 2. The first-order chi connectivity index (χ1) is 4.95. The van der Waals surface area contributed by atoms with Gasteiger partial charge in [0.15, 0.2) is 0 Å². The third-order valence-corrected chi connectivity index (χ3v) is 1.40. The monoisotopic (exact) mass is 174 g/mol. The Morgan fingerprint density at radius 2 is 1.55 bits per heavy atom. The fourth-order valence-electron chi connectivity index (χ4n) is 0.751. The van der Waals surface area contributed by atoms with Gasteiger partial charge in [-0.1, -0.05) is 17.7 Å². The molecule has 0 saturated carbocycles. The summed E-state index contributed by atoms with van der Waals surface area (Å²) in [6, 6.07) is 0. The highest BCUT2D eigenvalue weighted by molar-refractivity contribution is 6.29. The van der Waals surface area contributed by atoms with Crippen LogP contribution in [0.1, 0.15) is 20.8 Å². The van der Waals surface area contributed by atoms with E-state index >= 15 is 0 Å². The Bertz CT molecular complexity index is 188. The number of hydrogen-bond donors (Lipinski definition) is 0. The minimum absolute atomic E-state index is 0.169. The molecule has 0 aliphatic rings. The molecule has 2 nitrogen and oxygen atoms in total. The van der Waals surface area contributed by atoms with Crippen LogP contribution in [0, 0.1) is 5.92 Å². The molecule has 0 heterocycles. The van der Waals surface area contributed by atoms with E-state index in [0.717, 1.165) is 0 Å². The molecular formula is C8H11ClO2. The predicted molar refractivity (Wildman–Crippen MR) is 44.5 cm³/mol. The van der Waals surface area contributed by atoms with Crippen molar-refractivity contribution < 1.29 is 9.59 Å². The van der Waals surface area contributed by atoms with Gasteiger partial charge in [-0.25, -0.2) is 0 Å². The van der Waals surface area contributed by atoms with Gasteiger partial charge in [0.05, 0.1) is 5.92 Å². The number of halogens is 1. The maximum Gasteiger partial charge on any atom is 0.144 e. The molecule has 0 saturated heterocycles. The Hall–Kier alpha value is -0.630. The van der Waals surface area contributed by atoms with Crippen molar-refractivity contribution in [3.63, 3.8) is 0 Å². The van der Waals surface area contributed by atoms with Crippen LogP contribution in [-0.4, -0.2) is 11.6 Å². The van der Waals surface area contributed by atoms with Crippen molar-refractivity contribution in [2.24, 2.45) is 5.92 Å². The smallest absolute Gasteiger partial charge is 0.144 e. The van der Waals surface area contributed by atoms with E-state index in [0.29, 0.717) is 5.03 Å². The summed E-state index contributed by atoms with van der Waals surface area (Å²) in [7, 11) is 0. The first-order valence-corrected chi connectivity index (χ1v) is 3.67. The van der Waals surface area contributed by atoms with Gasteiger partial charge < -0.3 is 0 Å². The molecule has 0 aromatic heterocycles. The van der Waals surface area contributed by atoms with Gasteiger partial charge in [-0.3, -0.25) is 9.59 Å². The number of hydrogen-bond acceptors (Lipinski definition) is 2. The molecule has 0 amide bonds. The largest absolute Gasteiger partial charge is 0.299 e. The van der Waals surface area contributed by atoms with Crippen LogP contribution in [0.4, 0.5) is 0 Å². The molecule has 0 aromatic carbocycles. The van der Waals surface area contributed by atoms with Gasteiger partial charge in [-0.15, -0.1) is 0 Å². The van der Waals surface area contributed by atoms with Crippen LogP contribution < -0.4 is 0 Å². The van der Waals surface area contributed by atoms with E-state index in [2.05, 4.69) is 0 Å². The summed E-state index contributed by atoms with van der Waals surface area (Å²) < 4.78 is 0. The molecule has 0 aliphatic heterocycles. The van der Waals surface area contributed by atoms with Crippen molar-refractivity contribution in [1.82, 2.24) is 0 Å². The van der Waals surface area contributed by atoms with E-state index in [9.17, 15) is 9.59 Å². The van der Waals surface area contributed by atoms with Crippen LogP contribution in [0.25, 0.3) is 0 Å². The molecule has 62 valence electrons. The minimum Gasteiger partial charge on any atom is -0.299 e. The molecule has 3 heteroatoms. The lowest BCUT2D eigenvalue weighted by molar-refractivity contribution is -0.128. The summed E-state index contributed by atoms with van der Waals surface area (Å²) in [6.07, 6.45) is 1.46. The number of carbonyl (C=O) groups is 2. The standard InChI is InChI=1S/C8H11ClO2/c1-5(9)4-8(6(2)10)7(3)11/h4,8H,1-3H3/b5-4-. The highest BCUT2D eigenvalue weighted by atomic mass is 35.5. The molecule has 0 N–H and O–H groups in total. The van der Waals surface area contributed by atoms with Crippen LogP contribution in [0.15, 0.2) is 11.1 Å². The van der Waals surface area contributed by atoms with Crippen LogP contribution >= 0.6 is 11.6 Å². The Morgan fingerprint density at radius 3 is 1.64 bits per heavy atom. The average molecular weight is 175 g/mol. The molecular weight excluding hydrogens is 164 g/mol. The van der Waals surface area contributed by atoms with Gasteiger partial charge in [-0.2, -0.15) is 0 Å². The molecule has 0 spiro atoms. The normalized spacial score (nSPS) is 11.9. The number of Topliss-reactive ketones (excluding diaryl/α,β-unsaturated/α-hetero) is 2. The molecule has 0 aliphatic carbocycles. The lowest BCUT2D eigenvalue weighted by Gasteiger charge is -2.02. The fraction of sp³-hybridized carbons (Fsp3) is 0.500. The summed E-state index contributed by atoms with van der Waals surface area (Å²) in [5.74, 6) is -0.998. The summed E-state index contributed by atoms with van der Waals surface area (Å²) in [6.45, 7) is 4.39. The third kappa shape index (κ3) is 3.94. The molecule has 0 fully saturated rings. The molecule has 0 aromatic rings. The molecule has 11 heavy (non-hydrogen) atoms. The van der Waals surface area contributed by atoms with Crippen LogP contribution in [0.5, 0.6) is 0 Å². The second-order valence-electron chi connectivity index (χ2n) is 2.45. The van der Waals surface area contributed by atoms with Crippen molar-refractivity contribution in [2.45, 2.75) is 20.8 Å². The lowest BCUT2D eigenvalue weighted by atomic mass is 10.0. The highest BCUT2D eigenvalue weighted by Gasteiger charge is 2.15. The van der Waals surface area contributed by atoms with E-state index in [1.807, 2.05) is 0 Å². The summed E-state index contributed by atoms with van der Waals surface area (Å²) in [4.78, 5) is 21.6. The van der Waals surface area contributed by atoms with E-state index in [-0.39, 0.29) is 11.6 Å². The van der Waals surface area contributed by atoms with Crippen LogP contribution in [0.3, 0.4) is 0 Å². The zero-order valence-electron chi connectivity index (χ0n) is 6.85. The second-order valence-corrected chi connectivity index (χ2v) is 3.05. The van der Waals surface area contributed by atoms with Crippen LogP contribution in [0.2, 0.25) is 0 Å². The van der Waals surface area contributed by atoms with Crippen molar-refractivity contribution in [3.8, 4) is 0 Å². The molecule has 0 radical (unpaired) electrons. The minimum atomic E-state index is -0.660.